The zero-order chi connectivity index (χ0) is 33.0. The number of carbonyl (C=O) groups excluding carboxylic acids is 1. The second kappa shape index (κ2) is 11.6. The normalized spacial score (nSPS) is 17.1. The van der Waals surface area contributed by atoms with E-state index in [0.717, 1.165) is 24.3 Å². The predicted octanol–water partition coefficient (Wildman–Crippen LogP) is 6.73. The van der Waals surface area contributed by atoms with E-state index >= 15 is 0 Å². The topological polar surface area (TPSA) is 93.6 Å². The lowest BCUT2D eigenvalue weighted by Crippen LogP contribution is -2.51. The Morgan fingerprint density at radius 3 is 2.41 bits per heavy atom. The van der Waals surface area contributed by atoms with E-state index in [1.165, 1.54) is 12.1 Å². The van der Waals surface area contributed by atoms with Crippen molar-refractivity contribution in [1.82, 2.24) is 15.3 Å². The second-order valence-electron chi connectivity index (χ2n) is 11.1. The number of ether oxygens (including phenoxy) is 2. The molecule has 1 atom stereocenters. The Labute approximate surface area is 259 Å². The lowest BCUT2D eigenvalue weighted by molar-refractivity contribution is -0.265. The number of nitrogens with one attached hydrogen (secondary N) is 1. The van der Waals surface area contributed by atoms with Crippen molar-refractivity contribution < 1.29 is 54.5 Å². The maximum Gasteiger partial charge on any atom is 0.424 e. The van der Waals surface area contributed by atoms with Gasteiger partial charge in [-0.1, -0.05) is 0 Å². The summed E-state index contributed by atoms with van der Waals surface area (Å²) in [5.41, 5.74) is -7.83. The van der Waals surface area contributed by atoms with Crippen LogP contribution < -0.4 is 14.8 Å². The molecular formula is C30H23F8N3O4S. The van der Waals surface area contributed by atoms with Gasteiger partial charge in [-0.3, -0.25) is 4.79 Å². The number of hydrogen-bond acceptors (Lipinski definition) is 7. The van der Waals surface area contributed by atoms with Gasteiger partial charge in [-0.05, 0) is 55.3 Å². The summed E-state index contributed by atoms with van der Waals surface area (Å²) in [6.07, 6.45) is -7.30. The molecule has 0 radical (unpaired) electrons. The number of alkyl halides is 7. The molecule has 1 fully saturated rings. The van der Waals surface area contributed by atoms with Gasteiger partial charge in [0.05, 0.1) is 28.5 Å². The fourth-order valence-electron chi connectivity index (χ4n) is 4.98. The highest BCUT2D eigenvalue weighted by atomic mass is 32.1. The number of rotatable bonds is 10. The molecule has 16 heteroatoms. The molecule has 244 valence electrons. The molecule has 3 heterocycles. The smallest absolute Gasteiger partial charge is 0.424 e. The number of fused-ring (bicyclic) bond motifs is 2. The molecule has 0 saturated heterocycles. The number of halogens is 8. The SMILES string of the molecule is O=C(NCC(O)(c1cc2c(c(-c3ccc(F)cc3)n1)OCC2(CF)CF)C(F)(F)F)c1cc(OC2CC2)c2nc(C(F)F)sc2c1. The lowest BCUT2D eigenvalue weighted by atomic mass is 9.82. The van der Waals surface area contributed by atoms with Crippen LogP contribution in [0.4, 0.5) is 35.1 Å². The number of pyridine rings is 1. The summed E-state index contributed by atoms with van der Waals surface area (Å²) in [7, 11) is 0. The molecule has 1 aliphatic carbocycles. The van der Waals surface area contributed by atoms with Gasteiger partial charge in [-0.25, -0.2) is 31.9 Å². The van der Waals surface area contributed by atoms with Gasteiger partial charge in [0.1, 0.15) is 48.5 Å². The second-order valence-corrected chi connectivity index (χ2v) is 12.2. The van der Waals surface area contributed by atoms with Gasteiger partial charge in [-0.2, -0.15) is 13.2 Å². The fraction of sp³-hybridized carbons (Fsp3) is 0.367. The maximum atomic E-state index is 14.7. The van der Waals surface area contributed by atoms with Crippen LogP contribution in [-0.4, -0.2) is 59.8 Å². The van der Waals surface area contributed by atoms with Crippen molar-refractivity contribution in [3.8, 4) is 22.8 Å². The average molecular weight is 674 g/mol. The standard InChI is InChI=1S/C30H23F8N3O4S/c31-10-28(11-32)13-44-24-18(28)9-21(40-22(24)14-1-3-16(33)4-2-14)29(43,30(36,37)38)12-39-26(42)15-7-19(45-17-5-6-17)23-20(8-15)46-27(41-23)25(34)35/h1-4,7-9,17,25,43H,5-6,10-13H2,(H,39,42). The minimum absolute atomic E-state index is 0.00241. The van der Waals surface area contributed by atoms with E-state index in [4.69, 9.17) is 9.47 Å². The summed E-state index contributed by atoms with van der Waals surface area (Å²) >= 11 is 0.582. The number of amides is 1. The molecule has 4 aromatic rings. The minimum Gasteiger partial charge on any atom is -0.490 e. The van der Waals surface area contributed by atoms with Crippen LogP contribution in [-0.2, 0) is 11.0 Å². The molecule has 6 rings (SSSR count). The van der Waals surface area contributed by atoms with Crippen molar-refractivity contribution in [2.75, 3.05) is 26.5 Å². The quantitative estimate of drug-likeness (QED) is 0.182. The van der Waals surface area contributed by atoms with Crippen molar-refractivity contribution in [3.05, 3.63) is 70.1 Å². The van der Waals surface area contributed by atoms with Crippen LogP contribution in [0.2, 0.25) is 0 Å². The fourth-order valence-corrected chi connectivity index (χ4v) is 5.86. The highest BCUT2D eigenvalue weighted by Crippen LogP contribution is 2.48. The van der Waals surface area contributed by atoms with Crippen molar-refractivity contribution in [2.24, 2.45) is 0 Å². The van der Waals surface area contributed by atoms with Gasteiger partial charge in [0.2, 0.25) is 5.60 Å². The monoisotopic (exact) mass is 673 g/mol. The number of hydrogen-bond donors (Lipinski definition) is 2. The van der Waals surface area contributed by atoms with Crippen molar-refractivity contribution in [1.29, 1.82) is 0 Å². The highest BCUT2D eigenvalue weighted by Gasteiger charge is 2.57. The summed E-state index contributed by atoms with van der Waals surface area (Å²) in [5.74, 6) is -2.04. The van der Waals surface area contributed by atoms with Crippen molar-refractivity contribution in [3.63, 3.8) is 0 Å². The van der Waals surface area contributed by atoms with E-state index in [1.54, 1.807) is 0 Å². The van der Waals surface area contributed by atoms with E-state index in [2.05, 4.69) is 9.97 Å². The Kier molecular flexibility index (Phi) is 8.07. The first-order valence-corrected chi connectivity index (χ1v) is 14.6. The van der Waals surface area contributed by atoms with Crippen LogP contribution in [0.3, 0.4) is 0 Å². The van der Waals surface area contributed by atoms with Gasteiger partial charge in [-0.15, -0.1) is 11.3 Å². The van der Waals surface area contributed by atoms with E-state index in [1.807, 2.05) is 5.32 Å². The molecule has 1 unspecified atom stereocenters. The Bertz CT molecular complexity index is 1790. The molecule has 0 bridgehead atoms. The van der Waals surface area contributed by atoms with Crippen LogP contribution in [0.15, 0.2) is 42.5 Å². The molecule has 2 N–H and O–H groups in total. The zero-order valence-electron chi connectivity index (χ0n) is 23.4. The Morgan fingerprint density at radius 1 is 1.11 bits per heavy atom. The Morgan fingerprint density at radius 2 is 1.80 bits per heavy atom. The van der Waals surface area contributed by atoms with Crippen molar-refractivity contribution in [2.45, 2.75) is 42.6 Å². The maximum absolute atomic E-state index is 14.7. The molecule has 1 aliphatic heterocycles. The summed E-state index contributed by atoms with van der Waals surface area (Å²) in [6, 6.07) is 7.32. The van der Waals surface area contributed by atoms with Crippen molar-refractivity contribution >= 4 is 27.5 Å². The van der Waals surface area contributed by atoms with E-state index < -0.39 is 72.5 Å². The Hall–Kier alpha value is -4.05. The number of benzene rings is 2. The average Bonchev–Trinajstić information content (AvgIpc) is 3.60. The van der Waals surface area contributed by atoms with Crippen LogP contribution in [0.1, 0.15) is 45.9 Å². The summed E-state index contributed by atoms with van der Waals surface area (Å²) in [6.45, 7) is -4.80. The third kappa shape index (κ3) is 5.61. The minimum atomic E-state index is -5.50. The van der Waals surface area contributed by atoms with E-state index in [0.29, 0.717) is 30.2 Å². The van der Waals surface area contributed by atoms with E-state index in [9.17, 15) is 45.0 Å². The van der Waals surface area contributed by atoms with Gasteiger partial charge in [0.25, 0.3) is 12.3 Å². The largest absolute Gasteiger partial charge is 0.490 e. The van der Waals surface area contributed by atoms with Crippen LogP contribution in [0.25, 0.3) is 21.5 Å². The molecular weight excluding hydrogens is 650 g/mol. The lowest BCUT2D eigenvalue weighted by Gasteiger charge is -2.31. The number of thiazole rings is 1. The summed E-state index contributed by atoms with van der Waals surface area (Å²) < 4.78 is 124. The first kappa shape index (κ1) is 31.9. The van der Waals surface area contributed by atoms with Gasteiger partial charge in [0.15, 0.2) is 5.01 Å². The third-order valence-electron chi connectivity index (χ3n) is 7.81. The number of nitrogens with zero attached hydrogens (tertiary/aromatic N) is 2. The van der Waals surface area contributed by atoms with Gasteiger partial charge < -0.3 is 19.9 Å². The number of carbonyl (C=O) groups is 1. The first-order chi connectivity index (χ1) is 21.8. The molecule has 2 aliphatic rings. The van der Waals surface area contributed by atoms with Gasteiger partial charge >= 0.3 is 6.18 Å². The zero-order valence-corrected chi connectivity index (χ0v) is 24.3. The van der Waals surface area contributed by atoms with Crippen LogP contribution in [0.5, 0.6) is 11.5 Å². The molecule has 7 nitrogen and oxygen atoms in total. The highest BCUT2D eigenvalue weighted by molar-refractivity contribution is 7.18. The van der Waals surface area contributed by atoms with E-state index in [-0.39, 0.29) is 50.2 Å². The predicted molar refractivity (Wildman–Crippen MR) is 149 cm³/mol. The molecule has 46 heavy (non-hydrogen) atoms. The van der Waals surface area contributed by atoms with Gasteiger partial charge in [0, 0.05) is 16.7 Å². The summed E-state index contributed by atoms with van der Waals surface area (Å²) in [5, 5.41) is 12.7. The molecule has 1 amide bonds. The first-order valence-electron chi connectivity index (χ1n) is 13.8. The molecule has 2 aromatic heterocycles. The molecule has 1 saturated carbocycles. The number of aromatic nitrogens is 2. The van der Waals surface area contributed by atoms with Crippen LogP contribution >= 0.6 is 11.3 Å². The molecule has 0 spiro atoms. The Balaban J connectivity index is 1.39. The number of aliphatic hydroxyl groups is 1. The van der Waals surface area contributed by atoms with Crippen LogP contribution in [0, 0.1) is 5.82 Å². The molecule has 2 aromatic carbocycles. The summed E-state index contributed by atoms with van der Waals surface area (Å²) in [4.78, 5) is 21.1. The third-order valence-corrected chi connectivity index (χ3v) is 8.82.